The van der Waals surface area contributed by atoms with E-state index in [1.54, 1.807) is 6.92 Å². The number of amides is 1. The molecule has 0 unspecified atom stereocenters. The first-order chi connectivity index (χ1) is 6.69. The summed E-state index contributed by atoms with van der Waals surface area (Å²) in [4.78, 5) is 12.3. The number of hydrogen-bond acceptors (Lipinski definition) is 2. The Hall–Kier alpha value is -0.780. The third-order valence-electron chi connectivity index (χ3n) is 2.01. The second kappa shape index (κ2) is 5.34. The Kier molecular flexibility index (Phi) is 5.07. The number of carbonyl (C=O) groups is 1. The van der Waals surface area contributed by atoms with Crippen LogP contribution in [0, 0.1) is 0 Å². The number of carbonyl (C=O) groups excluding carboxylic acids is 1. The van der Waals surface area contributed by atoms with Gasteiger partial charge in [0.2, 0.25) is 5.91 Å². The lowest BCUT2D eigenvalue weighted by Crippen LogP contribution is -2.50. The van der Waals surface area contributed by atoms with Crippen molar-refractivity contribution in [2.75, 3.05) is 6.54 Å². The van der Waals surface area contributed by atoms with Gasteiger partial charge in [-0.15, -0.1) is 0 Å². The first-order valence-corrected chi connectivity index (χ1v) is 4.81. The minimum atomic E-state index is -4.38. The second-order valence-electron chi connectivity index (χ2n) is 3.69. The Bertz CT molecular complexity index is 216. The Morgan fingerprint density at radius 1 is 1.40 bits per heavy atom. The monoisotopic (exact) mass is 226 g/mol. The molecular formula is C9H17F3N2O. The molecule has 1 atom stereocenters. The minimum Gasteiger partial charge on any atom is -0.330 e. The van der Waals surface area contributed by atoms with Gasteiger partial charge in [-0.3, -0.25) is 4.79 Å². The zero-order valence-corrected chi connectivity index (χ0v) is 9.14. The van der Waals surface area contributed by atoms with E-state index < -0.39 is 30.7 Å². The van der Waals surface area contributed by atoms with Crippen LogP contribution in [-0.4, -0.2) is 35.6 Å². The smallest absolute Gasteiger partial charge is 0.330 e. The fourth-order valence-electron chi connectivity index (χ4n) is 1.10. The molecule has 0 aromatic heterocycles. The summed E-state index contributed by atoms with van der Waals surface area (Å²) >= 11 is 0. The molecule has 0 spiro atoms. The van der Waals surface area contributed by atoms with Gasteiger partial charge in [0.25, 0.3) is 0 Å². The molecule has 1 amide bonds. The van der Waals surface area contributed by atoms with Crippen LogP contribution in [0.3, 0.4) is 0 Å². The zero-order chi connectivity index (χ0) is 12.2. The molecule has 0 aliphatic rings. The highest BCUT2D eigenvalue weighted by Gasteiger charge is 2.35. The molecule has 0 aliphatic carbocycles. The molecule has 15 heavy (non-hydrogen) atoms. The average Bonchev–Trinajstić information content (AvgIpc) is 2.10. The van der Waals surface area contributed by atoms with Gasteiger partial charge in [0.15, 0.2) is 0 Å². The summed E-state index contributed by atoms with van der Waals surface area (Å²) < 4.78 is 36.5. The van der Waals surface area contributed by atoms with E-state index in [2.05, 4.69) is 0 Å². The highest BCUT2D eigenvalue weighted by molar-refractivity contribution is 5.81. The van der Waals surface area contributed by atoms with E-state index in [-0.39, 0.29) is 0 Å². The summed E-state index contributed by atoms with van der Waals surface area (Å²) in [6, 6.07) is -1.36. The van der Waals surface area contributed by atoms with Gasteiger partial charge >= 0.3 is 6.18 Å². The van der Waals surface area contributed by atoms with Crippen LogP contribution in [0.5, 0.6) is 0 Å². The minimum absolute atomic E-state index is 0.333. The number of hydrogen-bond donors (Lipinski definition) is 1. The number of alkyl halides is 3. The molecule has 0 radical (unpaired) electrons. The molecule has 0 rings (SSSR count). The van der Waals surface area contributed by atoms with Crippen molar-refractivity contribution in [2.24, 2.45) is 5.73 Å². The number of halogens is 3. The lowest BCUT2D eigenvalue weighted by Gasteiger charge is -2.29. The quantitative estimate of drug-likeness (QED) is 0.790. The summed E-state index contributed by atoms with van der Waals surface area (Å²) in [5.41, 5.74) is 5.42. The van der Waals surface area contributed by atoms with Crippen molar-refractivity contribution >= 4 is 5.91 Å². The average molecular weight is 226 g/mol. The van der Waals surface area contributed by atoms with Gasteiger partial charge < -0.3 is 10.6 Å². The van der Waals surface area contributed by atoms with Gasteiger partial charge in [0, 0.05) is 6.04 Å². The fourth-order valence-corrected chi connectivity index (χ4v) is 1.10. The third-order valence-corrected chi connectivity index (χ3v) is 2.01. The standard InChI is InChI=1S/C9H17F3N2O/c1-4-7(13)8(15)14(6(2)3)5-9(10,11)12/h6-7H,4-5,13H2,1-3H3/t7-/m0/s1. The Morgan fingerprint density at radius 2 is 1.87 bits per heavy atom. The van der Waals surface area contributed by atoms with Crippen LogP contribution in [-0.2, 0) is 4.79 Å². The van der Waals surface area contributed by atoms with Crippen LogP contribution in [0.4, 0.5) is 13.2 Å². The highest BCUT2D eigenvalue weighted by atomic mass is 19.4. The molecule has 0 aromatic rings. The van der Waals surface area contributed by atoms with Crippen LogP contribution in [0.15, 0.2) is 0 Å². The van der Waals surface area contributed by atoms with Crippen LogP contribution in [0.25, 0.3) is 0 Å². The van der Waals surface area contributed by atoms with Crippen LogP contribution >= 0.6 is 0 Å². The molecule has 90 valence electrons. The molecule has 0 saturated heterocycles. The van der Waals surface area contributed by atoms with E-state index in [4.69, 9.17) is 5.73 Å². The summed E-state index contributed by atoms with van der Waals surface area (Å²) in [7, 11) is 0. The number of rotatable bonds is 4. The van der Waals surface area contributed by atoms with Crippen molar-refractivity contribution in [1.82, 2.24) is 4.90 Å². The summed E-state index contributed by atoms with van der Waals surface area (Å²) in [6.45, 7) is 3.49. The molecule has 0 aromatic carbocycles. The lowest BCUT2D eigenvalue weighted by atomic mass is 10.2. The first kappa shape index (κ1) is 14.2. The van der Waals surface area contributed by atoms with Gasteiger partial charge in [-0.1, -0.05) is 6.92 Å². The summed E-state index contributed by atoms with van der Waals surface area (Å²) in [6.07, 6.45) is -4.05. The topological polar surface area (TPSA) is 46.3 Å². The largest absolute Gasteiger partial charge is 0.406 e. The molecule has 0 bridgehead atoms. The van der Waals surface area contributed by atoms with Crippen molar-refractivity contribution in [3.63, 3.8) is 0 Å². The Morgan fingerprint density at radius 3 is 2.13 bits per heavy atom. The van der Waals surface area contributed by atoms with Crippen molar-refractivity contribution in [1.29, 1.82) is 0 Å². The lowest BCUT2D eigenvalue weighted by molar-refractivity contribution is -0.165. The molecule has 0 aliphatic heterocycles. The maximum absolute atomic E-state index is 12.2. The molecule has 6 heteroatoms. The summed E-state index contributed by atoms with van der Waals surface area (Å²) in [5, 5.41) is 0. The maximum Gasteiger partial charge on any atom is 0.406 e. The van der Waals surface area contributed by atoms with E-state index in [1.165, 1.54) is 13.8 Å². The third kappa shape index (κ3) is 5.01. The van der Waals surface area contributed by atoms with Crippen LogP contribution < -0.4 is 5.73 Å². The van der Waals surface area contributed by atoms with E-state index in [0.717, 1.165) is 4.90 Å². The van der Waals surface area contributed by atoms with Crippen LogP contribution in [0.2, 0.25) is 0 Å². The van der Waals surface area contributed by atoms with Gasteiger partial charge in [0.05, 0.1) is 6.04 Å². The predicted molar refractivity (Wildman–Crippen MR) is 51.2 cm³/mol. The van der Waals surface area contributed by atoms with E-state index in [0.29, 0.717) is 6.42 Å². The van der Waals surface area contributed by atoms with Crippen molar-refractivity contribution < 1.29 is 18.0 Å². The van der Waals surface area contributed by atoms with E-state index in [1.807, 2.05) is 0 Å². The van der Waals surface area contributed by atoms with E-state index >= 15 is 0 Å². The molecule has 0 saturated carbocycles. The Balaban J connectivity index is 4.60. The van der Waals surface area contributed by atoms with Gasteiger partial charge in [-0.25, -0.2) is 0 Å². The predicted octanol–water partition coefficient (Wildman–Crippen LogP) is 1.52. The molecule has 2 N–H and O–H groups in total. The van der Waals surface area contributed by atoms with E-state index in [9.17, 15) is 18.0 Å². The SMILES string of the molecule is CC[C@H](N)C(=O)N(CC(F)(F)F)C(C)C. The maximum atomic E-state index is 12.2. The van der Waals surface area contributed by atoms with Crippen molar-refractivity contribution in [2.45, 2.75) is 45.5 Å². The molecule has 3 nitrogen and oxygen atoms in total. The van der Waals surface area contributed by atoms with Crippen molar-refractivity contribution in [3.05, 3.63) is 0 Å². The molecule has 0 heterocycles. The van der Waals surface area contributed by atoms with Gasteiger partial charge in [-0.05, 0) is 20.3 Å². The fraction of sp³-hybridized carbons (Fsp3) is 0.889. The molecule has 0 fully saturated rings. The normalized spacial score (nSPS) is 14.1. The van der Waals surface area contributed by atoms with Gasteiger partial charge in [0.1, 0.15) is 6.54 Å². The highest BCUT2D eigenvalue weighted by Crippen LogP contribution is 2.18. The number of nitrogens with zero attached hydrogens (tertiary/aromatic N) is 1. The number of nitrogens with two attached hydrogens (primary N) is 1. The summed E-state index contributed by atoms with van der Waals surface area (Å²) in [5.74, 6) is -0.648. The zero-order valence-electron chi connectivity index (χ0n) is 9.14. The van der Waals surface area contributed by atoms with Crippen LogP contribution in [0.1, 0.15) is 27.2 Å². The second-order valence-corrected chi connectivity index (χ2v) is 3.69. The Labute approximate surface area is 87.4 Å². The van der Waals surface area contributed by atoms with Crippen molar-refractivity contribution in [3.8, 4) is 0 Å². The molecular weight excluding hydrogens is 209 g/mol. The first-order valence-electron chi connectivity index (χ1n) is 4.81. The van der Waals surface area contributed by atoms with Gasteiger partial charge in [-0.2, -0.15) is 13.2 Å².